The van der Waals surface area contributed by atoms with Gasteiger partial charge in [0.15, 0.2) is 11.5 Å². The molecule has 2 amide bonds. The van der Waals surface area contributed by atoms with E-state index in [1.54, 1.807) is 16.9 Å². The SMILES string of the molecule is Cc1cnc2c(C(=O)Nc3cc4c(nc3N3CCN(CC(N)=O)CC3)O[C@](C)(CO)C4)cnn2c1. The number of carbonyl (C=O) groups is 2. The Kier molecular flexibility index (Phi) is 5.77. The van der Waals surface area contributed by atoms with Crippen LogP contribution < -0.4 is 20.7 Å². The second-order valence-corrected chi connectivity index (χ2v) is 9.35. The molecular formula is C23H28N8O4. The number of anilines is 2. The number of fused-ring (bicyclic) bond motifs is 2. The second kappa shape index (κ2) is 8.78. The molecule has 3 aromatic heterocycles. The van der Waals surface area contributed by atoms with E-state index >= 15 is 0 Å². The van der Waals surface area contributed by atoms with Crippen molar-refractivity contribution in [2.75, 3.05) is 49.5 Å². The Morgan fingerprint density at radius 1 is 1.26 bits per heavy atom. The number of rotatable bonds is 6. The maximum atomic E-state index is 13.3. The summed E-state index contributed by atoms with van der Waals surface area (Å²) in [5.74, 6) is 0.298. The summed E-state index contributed by atoms with van der Waals surface area (Å²) in [4.78, 5) is 37.7. The van der Waals surface area contributed by atoms with E-state index in [0.717, 1.165) is 11.1 Å². The van der Waals surface area contributed by atoms with E-state index in [9.17, 15) is 14.7 Å². The largest absolute Gasteiger partial charge is 0.468 e. The fourth-order valence-electron chi connectivity index (χ4n) is 4.49. The van der Waals surface area contributed by atoms with Gasteiger partial charge >= 0.3 is 0 Å². The molecule has 1 atom stereocenters. The van der Waals surface area contributed by atoms with Crippen molar-refractivity contribution >= 4 is 29.0 Å². The standard InChI is InChI=1S/C23H28N8O4/c1-14-9-25-19-16(10-26-31(19)11-14)21(34)27-17-7-15-8-23(2,13-32)35-22(15)28-20(17)30-5-3-29(4-6-30)12-18(24)33/h7,9-11,32H,3-6,8,12-13H2,1-2H3,(H2,24,33)(H,27,34)/t23-/m0/s1. The summed E-state index contributed by atoms with van der Waals surface area (Å²) in [6.45, 7) is 6.22. The van der Waals surface area contributed by atoms with Crippen LogP contribution in [0.1, 0.15) is 28.4 Å². The summed E-state index contributed by atoms with van der Waals surface area (Å²) in [5.41, 5.74) is 7.65. The number of carbonyl (C=O) groups excluding carboxylic acids is 2. The number of aromatic nitrogens is 4. The van der Waals surface area contributed by atoms with Crippen LogP contribution in [0.4, 0.5) is 11.5 Å². The topological polar surface area (TPSA) is 151 Å². The molecule has 0 aromatic carbocycles. The zero-order valence-corrected chi connectivity index (χ0v) is 19.7. The van der Waals surface area contributed by atoms with Gasteiger partial charge in [0, 0.05) is 50.6 Å². The first-order valence-corrected chi connectivity index (χ1v) is 11.5. The summed E-state index contributed by atoms with van der Waals surface area (Å²) in [7, 11) is 0. The van der Waals surface area contributed by atoms with Gasteiger partial charge in [0.1, 0.15) is 11.2 Å². The average Bonchev–Trinajstić information content (AvgIpc) is 3.38. The van der Waals surface area contributed by atoms with E-state index in [0.29, 0.717) is 61.2 Å². The summed E-state index contributed by atoms with van der Waals surface area (Å²) in [6.07, 6.45) is 5.46. The van der Waals surface area contributed by atoms with E-state index in [1.165, 1.54) is 6.20 Å². The summed E-state index contributed by atoms with van der Waals surface area (Å²) >= 11 is 0. The zero-order chi connectivity index (χ0) is 24.7. The number of hydrogen-bond acceptors (Lipinski definition) is 9. The number of nitrogens with two attached hydrogens (primary N) is 1. The maximum Gasteiger partial charge on any atom is 0.261 e. The van der Waals surface area contributed by atoms with Crippen LogP contribution in [0.15, 0.2) is 24.7 Å². The zero-order valence-electron chi connectivity index (χ0n) is 19.7. The number of aliphatic hydroxyl groups is 1. The van der Waals surface area contributed by atoms with Crippen molar-refractivity contribution in [2.24, 2.45) is 5.73 Å². The lowest BCUT2D eigenvalue weighted by Crippen LogP contribution is -2.49. The Hall–Kier alpha value is -3.77. The number of nitrogens with one attached hydrogen (secondary N) is 1. The molecule has 35 heavy (non-hydrogen) atoms. The van der Waals surface area contributed by atoms with Crippen molar-refractivity contribution in [3.8, 4) is 5.88 Å². The lowest BCUT2D eigenvalue weighted by atomic mass is 10.0. The number of hydrogen-bond donors (Lipinski definition) is 3. The van der Waals surface area contributed by atoms with E-state index in [1.807, 2.05) is 29.7 Å². The number of aryl methyl sites for hydroxylation is 1. The molecule has 3 aromatic rings. The van der Waals surface area contributed by atoms with Gasteiger partial charge in [-0.2, -0.15) is 10.1 Å². The van der Waals surface area contributed by atoms with Crippen molar-refractivity contribution in [3.05, 3.63) is 41.3 Å². The van der Waals surface area contributed by atoms with Crippen molar-refractivity contribution in [1.29, 1.82) is 0 Å². The first-order valence-electron chi connectivity index (χ1n) is 11.5. The highest BCUT2D eigenvalue weighted by Gasteiger charge is 2.37. The normalized spacial score (nSPS) is 20.0. The summed E-state index contributed by atoms with van der Waals surface area (Å²) < 4.78 is 7.53. The van der Waals surface area contributed by atoms with Gasteiger partial charge in [-0.1, -0.05) is 0 Å². The van der Waals surface area contributed by atoms with Crippen LogP contribution >= 0.6 is 0 Å². The number of primary amides is 1. The molecule has 0 saturated carbocycles. The second-order valence-electron chi connectivity index (χ2n) is 9.35. The minimum absolute atomic E-state index is 0.153. The molecule has 5 rings (SSSR count). The van der Waals surface area contributed by atoms with Crippen molar-refractivity contribution in [3.63, 3.8) is 0 Å². The van der Waals surface area contributed by atoms with E-state index in [2.05, 4.69) is 15.4 Å². The highest BCUT2D eigenvalue weighted by molar-refractivity contribution is 6.09. The molecule has 0 aliphatic carbocycles. The first kappa shape index (κ1) is 23.0. The van der Waals surface area contributed by atoms with Crippen molar-refractivity contribution in [2.45, 2.75) is 25.9 Å². The molecule has 0 spiro atoms. The van der Waals surface area contributed by atoms with Gasteiger partial charge in [-0.25, -0.2) is 9.50 Å². The van der Waals surface area contributed by atoms with Crippen LogP contribution in [0.3, 0.4) is 0 Å². The van der Waals surface area contributed by atoms with Crippen LogP contribution in [0, 0.1) is 6.92 Å². The first-order chi connectivity index (χ1) is 16.7. The molecule has 1 saturated heterocycles. The van der Waals surface area contributed by atoms with Gasteiger partial charge in [0.2, 0.25) is 11.8 Å². The van der Waals surface area contributed by atoms with Gasteiger partial charge < -0.3 is 25.8 Å². The Labute approximate surface area is 201 Å². The summed E-state index contributed by atoms with van der Waals surface area (Å²) in [6, 6.07) is 1.86. The van der Waals surface area contributed by atoms with E-state index < -0.39 is 5.60 Å². The van der Waals surface area contributed by atoms with Gasteiger partial charge in [0.05, 0.1) is 25.0 Å². The number of nitrogens with zero attached hydrogens (tertiary/aromatic N) is 6. The predicted molar refractivity (Wildman–Crippen MR) is 128 cm³/mol. The highest BCUT2D eigenvalue weighted by Crippen LogP contribution is 2.39. The minimum Gasteiger partial charge on any atom is -0.468 e. The van der Waals surface area contributed by atoms with Crippen LogP contribution in [0.5, 0.6) is 5.88 Å². The predicted octanol–water partition coefficient (Wildman–Crippen LogP) is -0.0218. The molecule has 12 heteroatoms. The lowest BCUT2D eigenvalue weighted by molar-refractivity contribution is -0.119. The molecule has 4 N–H and O–H groups in total. The minimum atomic E-state index is -0.764. The molecule has 0 radical (unpaired) electrons. The average molecular weight is 481 g/mol. The van der Waals surface area contributed by atoms with Gasteiger partial charge in [0.25, 0.3) is 5.91 Å². The van der Waals surface area contributed by atoms with E-state index in [4.69, 9.17) is 15.5 Å². The molecule has 0 bridgehead atoms. The number of aliphatic hydroxyl groups excluding tert-OH is 1. The Morgan fingerprint density at radius 2 is 2.03 bits per heavy atom. The molecule has 12 nitrogen and oxygen atoms in total. The van der Waals surface area contributed by atoms with Crippen molar-refractivity contribution in [1.82, 2.24) is 24.5 Å². The Morgan fingerprint density at radius 3 is 2.74 bits per heavy atom. The van der Waals surface area contributed by atoms with Gasteiger partial charge in [-0.15, -0.1) is 0 Å². The van der Waals surface area contributed by atoms with Gasteiger partial charge in [-0.3, -0.25) is 14.5 Å². The fourth-order valence-corrected chi connectivity index (χ4v) is 4.49. The molecule has 1 fully saturated rings. The van der Waals surface area contributed by atoms with E-state index in [-0.39, 0.29) is 25.0 Å². The maximum absolute atomic E-state index is 13.3. The molecule has 5 heterocycles. The van der Waals surface area contributed by atoms with Crippen LogP contribution in [-0.2, 0) is 11.2 Å². The number of piperazine rings is 1. The molecule has 2 aliphatic rings. The third-order valence-corrected chi connectivity index (χ3v) is 6.31. The highest BCUT2D eigenvalue weighted by atomic mass is 16.5. The van der Waals surface area contributed by atoms with Crippen LogP contribution in [-0.4, -0.2) is 86.3 Å². The third-order valence-electron chi connectivity index (χ3n) is 6.31. The molecule has 184 valence electrons. The van der Waals surface area contributed by atoms with Crippen LogP contribution in [0.2, 0.25) is 0 Å². The number of amides is 2. The lowest BCUT2D eigenvalue weighted by Gasteiger charge is -2.35. The Balaban J connectivity index is 1.45. The number of ether oxygens (including phenoxy) is 1. The Bertz CT molecular complexity index is 1300. The monoisotopic (exact) mass is 480 g/mol. The molecule has 0 unspecified atom stereocenters. The summed E-state index contributed by atoms with van der Waals surface area (Å²) in [5, 5.41) is 17.0. The fraction of sp³-hybridized carbons (Fsp3) is 0.435. The third kappa shape index (κ3) is 4.49. The quantitative estimate of drug-likeness (QED) is 0.442. The molecule has 2 aliphatic heterocycles. The number of pyridine rings is 1. The molecular weight excluding hydrogens is 452 g/mol. The van der Waals surface area contributed by atoms with Crippen LogP contribution in [0.25, 0.3) is 5.65 Å². The van der Waals surface area contributed by atoms with Gasteiger partial charge in [-0.05, 0) is 25.5 Å². The van der Waals surface area contributed by atoms with Crippen molar-refractivity contribution < 1.29 is 19.4 Å². The smallest absolute Gasteiger partial charge is 0.261 e.